The van der Waals surface area contributed by atoms with Gasteiger partial charge in [-0.3, -0.25) is 9.71 Å². The quantitative estimate of drug-likeness (QED) is 0.735. The third kappa shape index (κ3) is 3.29. The van der Waals surface area contributed by atoms with Crippen LogP contribution in [-0.4, -0.2) is 24.5 Å². The summed E-state index contributed by atoms with van der Waals surface area (Å²) < 4.78 is 27.0. The molecular formula is C13H13N3O4S. The van der Waals surface area contributed by atoms with E-state index >= 15 is 0 Å². The Bertz CT molecular complexity index is 803. The van der Waals surface area contributed by atoms with Gasteiger partial charge in [0.2, 0.25) is 0 Å². The fourth-order valence-corrected chi connectivity index (χ4v) is 3.03. The molecule has 0 amide bonds. The SMILES string of the molecule is Cc1cncc(NS(=O)(=O)c2cc(N)ccc2C(=O)O)c1. The van der Waals surface area contributed by atoms with Gasteiger partial charge in [0.1, 0.15) is 4.90 Å². The van der Waals surface area contributed by atoms with Gasteiger partial charge in [-0.1, -0.05) is 0 Å². The number of aromatic carboxylic acids is 1. The second-order valence-electron chi connectivity index (χ2n) is 4.42. The molecule has 0 unspecified atom stereocenters. The molecule has 0 fully saturated rings. The highest BCUT2D eigenvalue weighted by Crippen LogP contribution is 2.22. The first kappa shape index (κ1) is 14.8. The van der Waals surface area contributed by atoms with Crippen molar-refractivity contribution >= 4 is 27.4 Å². The zero-order chi connectivity index (χ0) is 15.6. The Kier molecular flexibility index (Phi) is 3.81. The zero-order valence-electron chi connectivity index (χ0n) is 11.1. The van der Waals surface area contributed by atoms with Gasteiger partial charge < -0.3 is 10.8 Å². The molecule has 1 aromatic heterocycles. The van der Waals surface area contributed by atoms with E-state index in [1.54, 1.807) is 19.2 Å². The topological polar surface area (TPSA) is 122 Å². The molecule has 0 aliphatic carbocycles. The number of nitrogens with one attached hydrogen (secondary N) is 1. The van der Waals surface area contributed by atoms with Crippen molar-refractivity contribution in [2.24, 2.45) is 0 Å². The summed E-state index contributed by atoms with van der Waals surface area (Å²) in [7, 11) is -4.08. The average molecular weight is 307 g/mol. The maximum absolute atomic E-state index is 12.3. The molecule has 1 aromatic carbocycles. The first-order chi connectivity index (χ1) is 9.79. The van der Waals surface area contributed by atoms with E-state index in [4.69, 9.17) is 10.8 Å². The summed E-state index contributed by atoms with van der Waals surface area (Å²) in [6, 6.07) is 5.17. The molecule has 7 nitrogen and oxygen atoms in total. The molecule has 2 aromatic rings. The lowest BCUT2D eigenvalue weighted by atomic mass is 10.2. The van der Waals surface area contributed by atoms with Crippen molar-refractivity contribution in [1.29, 1.82) is 0 Å². The van der Waals surface area contributed by atoms with E-state index in [0.29, 0.717) is 0 Å². The summed E-state index contributed by atoms with van der Waals surface area (Å²) in [6.45, 7) is 1.76. The number of carboxylic acid groups (broad SMARTS) is 1. The van der Waals surface area contributed by atoms with Crippen LogP contribution in [0.2, 0.25) is 0 Å². The molecular weight excluding hydrogens is 294 g/mol. The van der Waals surface area contributed by atoms with E-state index < -0.39 is 20.9 Å². The number of nitrogens with two attached hydrogens (primary N) is 1. The number of anilines is 2. The Morgan fingerprint density at radius 2 is 2.00 bits per heavy atom. The summed E-state index contributed by atoms with van der Waals surface area (Å²) in [6.07, 6.45) is 2.90. The van der Waals surface area contributed by atoms with Crippen LogP contribution in [0.1, 0.15) is 15.9 Å². The lowest BCUT2D eigenvalue weighted by Crippen LogP contribution is -2.17. The summed E-state index contributed by atoms with van der Waals surface area (Å²) in [5.74, 6) is -1.35. The van der Waals surface area contributed by atoms with Gasteiger partial charge in [0.25, 0.3) is 10.0 Å². The van der Waals surface area contributed by atoms with E-state index in [1.807, 2.05) is 0 Å². The minimum Gasteiger partial charge on any atom is -0.478 e. The number of pyridine rings is 1. The molecule has 0 aliphatic rings. The van der Waals surface area contributed by atoms with Crippen LogP contribution in [0.3, 0.4) is 0 Å². The van der Waals surface area contributed by atoms with Crippen LogP contribution in [-0.2, 0) is 10.0 Å². The first-order valence-electron chi connectivity index (χ1n) is 5.87. The van der Waals surface area contributed by atoms with Crippen LogP contribution in [0.5, 0.6) is 0 Å². The maximum atomic E-state index is 12.3. The van der Waals surface area contributed by atoms with Gasteiger partial charge >= 0.3 is 5.97 Å². The van der Waals surface area contributed by atoms with Gasteiger partial charge in [-0.05, 0) is 36.8 Å². The van der Waals surface area contributed by atoms with Gasteiger partial charge in [-0.25, -0.2) is 13.2 Å². The zero-order valence-corrected chi connectivity index (χ0v) is 11.9. The van der Waals surface area contributed by atoms with E-state index in [2.05, 4.69) is 9.71 Å². The Morgan fingerprint density at radius 1 is 1.29 bits per heavy atom. The van der Waals surface area contributed by atoms with E-state index in [1.165, 1.54) is 12.3 Å². The maximum Gasteiger partial charge on any atom is 0.337 e. The van der Waals surface area contributed by atoms with Crippen LogP contribution in [0, 0.1) is 6.92 Å². The standard InChI is InChI=1S/C13H13N3O4S/c1-8-4-10(7-15-6-8)16-21(19,20)12-5-9(14)2-3-11(12)13(17)18/h2-7,16H,14H2,1H3,(H,17,18). The largest absolute Gasteiger partial charge is 0.478 e. The van der Waals surface area contributed by atoms with Gasteiger partial charge in [0.15, 0.2) is 0 Å². The number of aryl methyl sites for hydroxylation is 1. The van der Waals surface area contributed by atoms with Crippen LogP contribution in [0.25, 0.3) is 0 Å². The fraction of sp³-hybridized carbons (Fsp3) is 0.0769. The van der Waals surface area contributed by atoms with Crippen molar-refractivity contribution in [2.75, 3.05) is 10.5 Å². The number of carbonyl (C=O) groups is 1. The second kappa shape index (κ2) is 5.41. The Labute approximate surface area is 121 Å². The number of sulfonamides is 1. The molecule has 2 rings (SSSR count). The van der Waals surface area contributed by atoms with Crippen molar-refractivity contribution in [3.63, 3.8) is 0 Å². The molecule has 0 radical (unpaired) electrons. The van der Waals surface area contributed by atoms with Crippen LogP contribution in [0.4, 0.5) is 11.4 Å². The molecule has 4 N–H and O–H groups in total. The third-order valence-electron chi connectivity index (χ3n) is 2.65. The molecule has 0 atom stereocenters. The lowest BCUT2D eigenvalue weighted by Gasteiger charge is -2.11. The highest BCUT2D eigenvalue weighted by atomic mass is 32.2. The summed E-state index contributed by atoms with van der Waals surface area (Å²) in [4.78, 5) is 14.6. The normalized spacial score (nSPS) is 11.1. The number of benzene rings is 1. The highest BCUT2D eigenvalue weighted by Gasteiger charge is 2.22. The Morgan fingerprint density at radius 3 is 2.62 bits per heavy atom. The van der Waals surface area contributed by atoms with Crippen LogP contribution >= 0.6 is 0 Å². The van der Waals surface area contributed by atoms with Crippen molar-refractivity contribution < 1.29 is 18.3 Å². The fourth-order valence-electron chi connectivity index (χ4n) is 1.76. The first-order valence-corrected chi connectivity index (χ1v) is 7.35. The van der Waals surface area contributed by atoms with Gasteiger partial charge in [-0.15, -0.1) is 0 Å². The predicted molar refractivity (Wildman–Crippen MR) is 77.6 cm³/mol. The number of hydrogen-bond donors (Lipinski definition) is 3. The van der Waals surface area contributed by atoms with E-state index in [-0.39, 0.29) is 16.9 Å². The van der Waals surface area contributed by atoms with E-state index in [0.717, 1.165) is 17.7 Å². The molecule has 0 saturated heterocycles. The Balaban J connectivity index is 2.49. The molecule has 0 spiro atoms. The van der Waals surface area contributed by atoms with Gasteiger partial charge in [0.05, 0.1) is 17.4 Å². The predicted octanol–water partition coefficient (Wildman–Crippen LogP) is 1.47. The number of nitrogens with zero attached hydrogens (tertiary/aromatic N) is 1. The van der Waals surface area contributed by atoms with Crippen molar-refractivity contribution in [1.82, 2.24) is 4.98 Å². The molecule has 8 heteroatoms. The molecule has 110 valence electrons. The second-order valence-corrected chi connectivity index (χ2v) is 6.07. The monoisotopic (exact) mass is 307 g/mol. The minimum absolute atomic E-state index is 0.155. The number of carboxylic acids is 1. The molecule has 21 heavy (non-hydrogen) atoms. The van der Waals surface area contributed by atoms with Crippen molar-refractivity contribution in [3.8, 4) is 0 Å². The van der Waals surface area contributed by atoms with Crippen LogP contribution in [0.15, 0.2) is 41.6 Å². The molecule has 1 heterocycles. The molecule has 0 saturated carbocycles. The van der Waals surface area contributed by atoms with Crippen molar-refractivity contribution in [2.45, 2.75) is 11.8 Å². The number of rotatable bonds is 4. The minimum atomic E-state index is -4.08. The van der Waals surface area contributed by atoms with Gasteiger partial charge in [0, 0.05) is 11.9 Å². The summed E-state index contributed by atoms with van der Waals surface area (Å²) in [5.41, 5.74) is 6.36. The Hall–Kier alpha value is -2.61. The van der Waals surface area contributed by atoms with Gasteiger partial charge in [-0.2, -0.15) is 0 Å². The third-order valence-corrected chi connectivity index (χ3v) is 4.07. The summed E-state index contributed by atoms with van der Waals surface area (Å²) in [5, 5.41) is 9.08. The number of aromatic nitrogens is 1. The number of hydrogen-bond acceptors (Lipinski definition) is 5. The lowest BCUT2D eigenvalue weighted by molar-refractivity contribution is 0.0692. The van der Waals surface area contributed by atoms with Crippen LogP contribution < -0.4 is 10.5 Å². The molecule has 0 aliphatic heterocycles. The highest BCUT2D eigenvalue weighted by molar-refractivity contribution is 7.92. The average Bonchev–Trinajstić information content (AvgIpc) is 2.37. The molecule has 0 bridgehead atoms. The van der Waals surface area contributed by atoms with Crippen molar-refractivity contribution in [3.05, 3.63) is 47.8 Å². The smallest absolute Gasteiger partial charge is 0.337 e. The summed E-state index contributed by atoms with van der Waals surface area (Å²) >= 11 is 0. The van der Waals surface area contributed by atoms with E-state index in [9.17, 15) is 13.2 Å². The number of nitrogen functional groups attached to an aromatic ring is 1.